The fourth-order valence-electron chi connectivity index (χ4n) is 3.89. The molecule has 5 heteroatoms. The smallest absolute Gasteiger partial charge is 0.273 e. The highest BCUT2D eigenvalue weighted by Gasteiger charge is 2.39. The summed E-state index contributed by atoms with van der Waals surface area (Å²) < 4.78 is 0. The second-order valence-corrected chi connectivity index (χ2v) is 7.08. The minimum atomic E-state index is -0.484. The van der Waals surface area contributed by atoms with Crippen LogP contribution in [0.4, 0.5) is 0 Å². The maximum absolute atomic E-state index is 13.0. The van der Waals surface area contributed by atoms with Gasteiger partial charge in [-0.1, -0.05) is 54.1 Å². The Morgan fingerprint density at radius 1 is 0.963 bits per heavy atom. The summed E-state index contributed by atoms with van der Waals surface area (Å²) >= 11 is 0. The second-order valence-electron chi connectivity index (χ2n) is 7.08. The Kier molecular flexibility index (Phi) is 4.36. The zero-order chi connectivity index (χ0) is 19.0. The minimum absolute atomic E-state index is 0.0198. The van der Waals surface area contributed by atoms with Crippen molar-refractivity contribution in [3.8, 4) is 0 Å². The first-order chi connectivity index (χ1) is 13.1. The highest BCUT2D eigenvalue weighted by atomic mass is 16.2. The molecule has 0 radical (unpaired) electrons. The van der Waals surface area contributed by atoms with Crippen LogP contribution in [-0.2, 0) is 4.79 Å². The molecule has 27 heavy (non-hydrogen) atoms. The van der Waals surface area contributed by atoms with Gasteiger partial charge in [-0.15, -0.1) is 0 Å². The van der Waals surface area contributed by atoms with Gasteiger partial charge in [0.15, 0.2) is 0 Å². The number of hydrazine groups is 1. The molecular formula is C22H20N2O3. The van der Waals surface area contributed by atoms with E-state index in [2.05, 4.69) is 18.4 Å². The van der Waals surface area contributed by atoms with Crippen LogP contribution in [0.1, 0.15) is 52.0 Å². The third kappa shape index (κ3) is 3.05. The van der Waals surface area contributed by atoms with Gasteiger partial charge < -0.3 is 0 Å². The largest absolute Gasteiger partial charge is 0.280 e. The molecule has 136 valence electrons. The number of benzene rings is 2. The quantitative estimate of drug-likeness (QED) is 0.673. The van der Waals surface area contributed by atoms with Crippen LogP contribution in [0, 0.1) is 5.92 Å². The molecule has 0 bridgehead atoms. The molecule has 1 aliphatic carbocycles. The first-order valence-electron chi connectivity index (χ1n) is 9.05. The zero-order valence-electron chi connectivity index (χ0n) is 15.0. The summed E-state index contributed by atoms with van der Waals surface area (Å²) in [5, 5.41) is 0.847. The van der Waals surface area contributed by atoms with Gasteiger partial charge in [0.25, 0.3) is 11.8 Å². The number of hydrogen-bond donors (Lipinski definition) is 1. The summed E-state index contributed by atoms with van der Waals surface area (Å²) in [5.41, 5.74) is 5.55. The van der Waals surface area contributed by atoms with Crippen molar-refractivity contribution >= 4 is 17.7 Å². The van der Waals surface area contributed by atoms with Crippen LogP contribution in [-0.4, -0.2) is 22.7 Å². The number of hydrogen-bond acceptors (Lipinski definition) is 3. The topological polar surface area (TPSA) is 66.5 Å². The lowest BCUT2D eigenvalue weighted by atomic mass is 9.75. The monoisotopic (exact) mass is 360 g/mol. The minimum Gasteiger partial charge on any atom is -0.273 e. The number of carbonyl (C=O) groups is 3. The van der Waals surface area contributed by atoms with E-state index in [1.807, 2.05) is 30.3 Å². The molecule has 5 nitrogen and oxygen atoms in total. The van der Waals surface area contributed by atoms with E-state index in [4.69, 9.17) is 0 Å². The van der Waals surface area contributed by atoms with Crippen LogP contribution in [0.15, 0.2) is 66.2 Å². The molecule has 0 spiro atoms. The molecule has 4 rings (SSSR count). The number of imide groups is 1. The van der Waals surface area contributed by atoms with Crippen LogP contribution >= 0.6 is 0 Å². The van der Waals surface area contributed by atoms with Crippen molar-refractivity contribution < 1.29 is 14.4 Å². The predicted molar refractivity (Wildman–Crippen MR) is 101 cm³/mol. The SMILES string of the molecule is CC1=CCC(C(=O)NN2C(=O)c3ccccc3C2=O)C(c2ccccc2)C1. The summed E-state index contributed by atoms with van der Waals surface area (Å²) in [7, 11) is 0. The summed E-state index contributed by atoms with van der Waals surface area (Å²) in [6, 6.07) is 16.5. The van der Waals surface area contributed by atoms with Gasteiger partial charge in [0.05, 0.1) is 17.0 Å². The maximum Gasteiger partial charge on any atom is 0.280 e. The van der Waals surface area contributed by atoms with E-state index in [1.165, 1.54) is 5.57 Å². The zero-order valence-corrected chi connectivity index (χ0v) is 15.0. The molecule has 2 aliphatic rings. The Balaban J connectivity index is 1.57. The Morgan fingerprint density at radius 2 is 1.56 bits per heavy atom. The molecule has 1 N–H and O–H groups in total. The molecule has 1 aliphatic heterocycles. The third-order valence-corrected chi connectivity index (χ3v) is 5.33. The summed E-state index contributed by atoms with van der Waals surface area (Å²) in [5.74, 6) is -1.58. The molecule has 2 aromatic rings. The lowest BCUT2D eigenvalue weighted by Crippen LogP contribution is -2.49. The van der Waals surface area contributed by atoms with E-state index >= 15 is 0 Å². The molecule has 3 amide bonds. The van der Waals surface area contributed by atoms with Crippen LogP contribution in [0.2, 0.25) is 0 Å². The third-order valence-electron chi connectivity index (χ3n) is 5.33. The highest BCUT2D eigenvalue weighted by Crippen LogP contribution is 2.37. The standard InChI is InChI=1S/C22H20N2O3/c1-14-11-12-16(19(13-14)15-7-3-2-4-8-15)20(25)23-24-21(26)17-9-5-6-10-18(17)22(24)27/h2-11,16,19H,12-13H2,1H3,(H,23,25). The van der Waals surface area contributed by atoms with Crippen molar-refractivity contribution in [2.75, 3.05) is 0 Å². The fourth-order valence-corrected chi connectivity index (χ4v) is 3.89. The molecule has 0 saturated heterocycles. The van der Waals surface area contributed by atoms with Crippen molar-refractivity contribution in [3.05, 3.63) is 82.9 Å². The van der Waals surface area contributed by atoms with E-state index in [0.717, 1.165) is 17.0 Å². The van der Waals surface area contributed by atoms with E-state index < -0.39 is 11.8 Å². The van der Waals surface area contributed by atoms with Gasteiger partial charge in [-0.3, -0.25) is 19.8 Å². The van der Waals surface area contributed by atoms with E-state index in [9.17, 15) is 14.4 Å². The van der Waals surface area contributed by atoms with Crippen molar-refractivity contribution in [1.82, 2.24) is 10.4 Å². The van der Waals surface area contributed by atoms with Crippen molar-refractivity contribution in [1.29, 1.82) is 0 Å². The van der Waals surface area contributed by atoms with Crippen LogP contribution in [0.5, 0.6) is 0 Å². The number of allylic oxidation sites excluding steroid dienone is 2. The molecule has 2 unspecified atom stereocenters. The average molecular weight is 360 g/mol. The summed E-state index contributed by atoms with van der Waals surface area (Å²) in [6.07, 6.45) is 3.43. The number of rotatable bonds is 3. The van der Waals surface area contributed by atoms with Gasteiger partial charge in [-0.2, -0.15) is 5.01 Å². The van der Waals surface area contributed by atoms with Crippen LogP contribution < -0.4 is 5.43 Å². The normalized spacial score (nSPS) is 21.7. The van der Waals surface area contributed by atoms with Crippen molar-refractivity contribution in [2.24, 2.45) is 5.92 Å². The molecular weight excluding hydrogens is 340 g/mol. The number of nitrogens with one attached hydrogen (secondary N) is 1. The molecule has 2 aromatic carbocycles. The Labute approximate surface area is 157 Å². The van der Waals surface area contributed by atoms with E-state index in [-0.39, 0.29) is 17.7 Å². The maximum atomic E-state index is 13.0. The molecule has 0 aromatic heterocycles. The molecule has 2 atom stereocenters. The average Bonchev–Trinajstić information content (AvgIpc) is 2.94. The van der Waals surface area contributed by atoms with E-state index in [1.54, 1.807) is 24.3 Å². The molecule has 1 heterocycles. The number of fused-ring (bicyclic) bond motifs is 1. The lowest BCUT2D eigenvalue weighted by Gasteiger charge is -2.31. The fraction of sp³-hybridized carbons (Fsp3) is 0.227. The van der Waals surface area contributed by atoms with Crippen LogP contribution in [0.25, 0.3) is 0 Å². The van der Waals surface area contributed by atoms with Gasteiger partial charge in [0, 0.05) is 0 Å². The number of amides is 3. The molecule has 0 fully saturated rings. The first-order valence-corrected chi connectivity index (χ1v) is 9.05. The Hall–Kier alpha value is -3.21. The van der Waals surface area contributed by atoms with Gasteiger partial charge in [0.1, 0.15) is 0 Å². The summed E-state index contributed by atoms with van der Waals surface area (Å²) in [6.45, 7) is 2.06. The highest BCUT2D eigenvalue weighted by molar-refractivity contribution is 6.21. The van der Waals surface area contributed by atoms with Gasteiger partial charge in [0.2, 0.25) is 5.91 Å². The van der Waals surface area contributed by atoms with Gasteiger partial charge in [-0.25, -0.2) is 0 Å². The Bertz CT molecular complexity index is 914. The van der Waals surface area contributed by atoms with Crippen LogP contribution in [0.3, 0.4) is 0 Å². The Morgan fingerprint density at radius 3 is 2.19 bits per heavy atom. The molecule has 0 saturated carbocycles. The van der Waals surface area contributed by atoms with Gasteiger partial charge >= 0.3 is 0 Å². The van der Waals surface area contributed by atoms with E-state index in [0.29, 0.717) is 17.5 Å². The number of carbonyl (C=O) groups excluding carboxylic acids is 3. The predicted octanol–water partition coefficient (Wildman–Crippen LogP) is 3.45. The number of nitrogens with zero attached hydrogens (tertiary/aromatic N) is 1. The second kappa shape index (κ2) is 6.83. The van der Waals surface area contributed by atoms with Crippen molar-refractivity contribution in [2.45, 2.75) is 25.7 Å². The summed E-state index contributed by atoms with van der Waals surface area (Å²) in [4.78, 5) is 38.0. The first kappa shape index (κ1) is 17.2. The van der Waals surface area contributed by atoms with Gasteiger partial charge in [-0.05, 0) is 43.4 Å². The van der Waals surface area contributed by atoms with Crippen molar-refractivity contribution in [3.63, 3.8) is 0 Å². The lowest BCUT2D eigenvalue weighted by molar-refractivity contribution is -0.129.